The van der Waals surface area contributed by atoms with Crippen LogP contribution >= 0.6 is 0 Å². The Labute approximate surface area is 122 Å². The molecule has 2 heterocycles. The van der Waals surface area contributed by atoms with Crippen LogP contribution in [0.3, 0.4) is 0 Å². The first-order chi connectivity index (χ1) is 10.1. The molecule has 0 saturated heterocycles. The summed E-state index contributed by atoms with van der Waals surface area (Å²) in [5.41, 5.74) is 8.65. The second-order valence-electron chi connectivity index (χ2n) is 4.82. The highest BCUT2D eigenvalue weighted by Gasteiger charge is 2.09. The number of pyridine rings is 1. The first-order valence-corrected chi connectivity index (χ1v) is 6.58. The summed E-state index contributed by atoms with van der Waals surface area (Å²) in [5, 5.41) is 3.56. The van der Waals surface area contributed by atoms with Crippen molar-refractivity contribution in [2.24, 2.45) is 5.73 Å². The number of aromatic nitrogens is 2. The van der Waals surface area contributed by atoms with Crippen LogP contribution in [-0.4, -0.2) is 15.9 Å². The van der Waals surface area contributed by atoms with Gasteiger partial charge in [-0.1, -0.05) is 12.1 Å². The van der Waals surface area contributed by atoms with E-state index >= 15 is 0 Å². The van der Waals surface area contributed by atoms with Crippen molar-refractivity contribution >= 4 is 22.6 Å². The number of hydrogen-bond acceptors (Lipinski definition) is 3. The molecule has 5 heteroatoms. The van der Waals surface area contributed by atoms with Crippen LogP contribution in [0.15, 0.2) is 36.5 Å². The van der Waals surface area contributed by atoms with Gasteiger partial charge in [0.25, 0.3) is 5.91 Å². The van der Waals surface area contributed by atoms with Crippen molar-refractivity contribution < 1.29 is 4.79 Å². The van der Waals surface area contributed by atoms with Gasteiger partial charge in [-0.2, -0.15) is 0 Å². The van der Waals surface area contributed by atoms with Gasteiger partial charge in [0.2, 0.25) is 0 Å². The minimum Gasteiger partial charge on any atom is -0.324 e. The number of benzene rings is 1. The Bertz CT molecular complexity index is 774. The lowest BCUT2D eigenvalue weighted by molar-refractivity contribution is 0.102. The van der Waals surface area contributed by atoms with Gasteiger partial charge in [-0.3, -0.25) is 9.78 Å². The average molecular weight is 278 g/mol. The molecule has 0 unspecified atom stereocenters. The number of H-pyrrole nitrogens is 1. The Kier molecular flexibility index (Phi) is 3.30. The van der Waals surface area contributed by atoms with Gasteiger partial charge in [-0.05, 0) is 36.8 Å². The van der Waals surface area contributed by atoms with Crippen molar-refractivity contribution in [3.05, 3.63) is 59.9 Å². The summed E-state index contributed by atoms with van der Waals surface area (Å²) in [6.07, 6.45) is 4.35. The highest BCUT2D eigenvalue weighted by Crippen LogP contribution is 2.19. The van der Waals surface area contributed by atoms with Crippen LogP contribution in [-0.2, 0) is 0 Å². The van der Waals surface area contributed by atoms with Gasteiger partial charge in [0, 0.05) is 24.0 Å². The zero-order valence-corrected chi connectivity index (χ0v) is 11.5. The van der Waals surface area contributed by atoms with Gasteiger partial charge in [-0.25, -0.2) is 4.98 Å². The molecule has 1 aromatic carbocycles. The Morgan fingerprint density at radius 2 is 2.10 bits per heavy atom. The lowest BCUT2D eigenvalue weighted by atomic mass is 10.1. The maximum absolute atomic E-state index is 12.3. The summed E-state index contributed by atoms with van der Waals surface area (Å²) in [4.78, 5) is 19.2. The van der Waals surface area contributed by atoms with Crippen molar-refractivity contribution in [2.45, 2.75) is 13.0 Å². The molecule has 0 spiro atoms. The smallest absolute Gasteiger partial charge is 0.255 e. The van der Waals surface area contributed by atoms with E-state index < -0.39 is 0 Å². The molecule has 0 aliphatic carbocycles. The number of carbonyl (C=O) groups excluding carboxylic acids is 1. The first kappa shape index (κ1) is 13.2. The van der Waals surface area contributed by atoms with E-state index in [4.69, 9.17) is 5.73 Å². The SMILES string of the molecule is C[C@@H](N)c1ccc(C(=O)Nc2ccnc3[nH]c#cc23)cc1. The predicted octanol–water partition coefficient (Wildman–Crippen LogP) is 2.44. The number of amides is 1. The Hall–Kier alpha value is -2.84. The number of nitrogens with two attached hydrogens (primary N) is 1. The van der Waals surface area contributed by atoms with Crippen molar-refractivity contribution in [3.63, 3.8) is 0 Å². The van der Waals surface area contributed by atoms with Gasteiger partial charge < -0.3 is 11.1 Å². The summed E-state index contributed by atoms with van der Waals surface area (Å²) in [7, 11) is 0. The van der Waals surface area contributed by atoms with Gasteiger partial charge in [-0.15, -0.1) is 0 Å². The van der Waals surface area contributed by atoms with E-state index in [2.05, 4.69) is 27.5 Å². The summed E-state index contributed by atoms with van der Waals surface area (Å²) in [5.74, 6) is -0.187. The monoisotopic (exact) mass is 278 g/mol. The molecule has 5 nitrogen and oxygen atoms in total. The molecular formula is C16H14N4O. The van der Waals surface area contributed by atoms with Crippen LogP contribution in [0, 0.1) is 12.3 Å². The zero-order valence-electron chi connectivity index (χ0n) is 11.5. The molecule has 104 valence electrons. The van der Waals surface area contributed by atoms with E-state index in [0.717, 1.165) is 5.56 Å². The fourth-order valence-corrected chi connectivity index (χ4v) is 2.07. The molecule has 3 aromatic rings. The second-order valence-corrected chi connectivity index (χ2v) is 4.82. The van der Waals surface area contributed by atoms with Gasteiger partial charge in [0.05, 0.1) is 11.1 Å². The third-order valence-corrected chi connectivity index (χ3v) is 3.27. The van der Waals surface area contributed by atoms with E-state index in [0.29, 0.717) is 22.3 Å². The molecule has 1 amide bonds. The maximum Gasteiger partial charge on any atom is 0.255 e. The predicted molar refractivity (Wildman–Crippen MR) is 80.8 cm³/mol. The number of rotatable bonds is 3. The number of carbonyl (C=O) groups is 1. The summed E-state index contributed by atoms with van der Waals surface area (Å²) in [6, 6.07) is 11.8. The van der Waals surface area contributed by atoms with Crippen molar-refractivity contribution in [1.29, 1.82) is 0 Å². The standard InChI is InChI=1S/C16H14N4O/c1-10(17)11-2-4-12(5-3-11)16(21)20-14-7-9-19-15-13(14)6-8-18-15/h2-5,7,9-10H,17H2,1H3,(H2,18,19,20,21)/t10-/m1/s1. The highest BCUT2D eigenvalue weighted by molar-refractivity contribution is 6.08. The number of anilines is 1. The fourth-order valence-electron chi connectivity index (χ4n) is 2.07. The number of aromatic amines is 1. The molecule has 0 aliphatic rings. The molecule has 0 saturated carbocycles. The molecule has 1 atom stereocenters. The van der Waals surface area contributed by atoms with Crippen LogP contribution in [0.4, 0.5) is 5.69 Å². The summed E-state index contributed by atoms with van der Waals surface area (Å²) >= 11 is 0. The minimum absolute atomic E-state index is 0.0491. The molecule has 4 N–H and O–H groups in total. The molecule has 0 radical (unpaired) electrons. The van der Waals surface area contributed by atoms with E-state index in [1.807, 2.05) is 19.1 Å². The van der Waals surface area contributed by atoms with E-state index in [9.17, 15) is 4.79 Å². The lowest BCUT2D eigenvalue weighted by Crippen LogP contribution is -2.12. The van der Waals surface area contributed by atoms with Crippen molar-refractivity contribution in [3.8, 4) is 0 Å². The number of fused-ring (bicyclic) bond motifs is 1. The molecular weight excluding hydrogens is 264 g/mol. The topological polar surface area (TPSA) is 83.8 Å². The second kappa shape index (κ2) is 5.27. The number of nitrogens with one attached hydrogen (secondary N) is 2. The molecule has 21 heavy (non-hydrogen) atoms. The molecule has 0 aliphatic heterocycles. The summed E-state index contributed by atoms with van der Waals surface area (Å²) in [6.45, 7) is 1.90. The van der Waals surface area contributed by atoms with Crippen LogP contribution in [0.1, 0.15) is 28.9 Å². The lowest BCUT2D eigenvalue weighted by Gasteiger charge is -2.08. The quantitative estimate of drug-likeness (QED) is 0.688. The van der Waals surface area contributed by atoms with Crippen LogP contribution in [0.5, 0.6) is 0 Å². The summed E-state index contributed by atoms with van der Waals surface area (Å²) < 4.78 is 0. The van der Waals surface area contributed by atoms with Crippen molar-refractivity contribution in [1.82, 2.24) is 9.97 Å². The zero-order chi connectivity index (χ0) is 14.8. The minimum atomic E-state index is -0.187. The third kappa shape index (κ3) is 2.57. The van der Waals surface area contributed by atoms with E-state index in [1.165, 1.54) is 0 Å². The Balaban J connectivity index is 1.84. The van der Waals surface area contributed by atoms with Gasteiger partial charge in [0.15, 0.2) is 5.65 Å². The van der Waals surface area contributed by atoms with Gasteiger partial charge >= 0.3 is 0 Å². The largest absolute Gasteiger partial charge is 0.324 e. The first-order valence-electron chi connectivity index (χ1n) is 6.58. The maximum atomic E-state index is 12.3. The highest BCUT2D eigenvalue weighted by atomic mass is 16.1. The molecule has 3 rings (SSSR count). The van der Waals surface area contributed by atoms with Gasteiger partial charge in [0.1, 0.15) is 0 Å². The molecule has 0 fully saturated rings. The van der Waals surface area contributed by atoms with Crippen LogP contribution < -0.4 is 11.1 Å². The average Bonchev–Trinajstić information content (AvgIpc) is 2.97. The fraction of sp³-hybridized carbons (Fsp3) is 0.125. The van der Waals surface area contributed by atoms with Crippen molar-refractivity contribution in [2.75, 3.05) is 5.32 Å². The van der Waals surface area contributed by atoms with E-state index in [1.54, 1.807) is 24.4 Å². The van der Waals surface area contributed by atoms with Crippen LogP contribution in [0.2, 0.25) is 0 Å². The normalized spacial score (nSPS) is 11.9. The number of nitrogens with zero attached hydrogens (tertiary/aromatic N) is 1. The third-order valence-electron chi connectivity index (χ3n) is 3.27. The van der Waals surface area contributed by atoms with Crippen LogP contribution in [0.25, 0.3) is 11.0 Å². The molecule has 2 aromatic heterocycles. The Morgan fingerprint density at radius 3 is 2.81 bits per heavy atom. The Morgan fingerprint density at radius 1 is 1.33 bits per heavy atom. The molecule has 0 bridgehead atoms. The van der Waals surface area contributed by atoms with E-state index in [-0.39, 0.29) is 11.9 Å². The number of hydrogen-bond donors (Lipinski definition) is 3.